The summed E-state index contributed by atoms with van der Waals surface area (Å²) in [4.78, 5) is 25.2. The first kappa shape index (κ1) is 55.6. The molecule has 0 rings (SSSR count). The van der Waals surface area contributed by atoms with Crippen molar-refractivity contribution in [3.8, 4) is 0 Å². The normalized spacial score (nSPS) is 12.7. The second kappa shape index (κ2) is 49.0. The number of hydrogen-bond acceptors (Lipinski definition) is 5. The standard InChI is InChI=1S/C53H94O5/c1-4-7-10-13-16-18-20-22-24-26-27-28-29-31-33-35-38-40-43-46-52(54)57-50-51(58-53(55)47-44-41-37-15-12-9-6-3)49-56-48-45-42-39-36-34-32-30-25-23-21-19-17-14-11-8-5-2/h8,11,17,19,22-25,32,34,51H,4-7,9-10,12-16,18,20-21,26-31,33,35-50H2,1-3H3/b11-8-,19-17-,24-22-,25-23-,34-32-. The van der Waals surface area contributed by atoms with Gasteiger partial charge in [0.25, 0.3) is 0 Å². The van der Waals surface area contributed by atoms with Gasteiger partial charge in [0, 0.05) is 19.4 Å². The van der Waals surface area contributed by atoms with Gasteiger partial charge in [0.05, 0.1) is 6.61 Å². The van der Waals surface area contributed by atoms with Gasteiger partial charge in [-0.15, -0.1) is 0 Å². The molecule has 0 aliphatic carbocycles. The molecule has 0 spiro atoms. The molecule has 5 heteroatoms. The fraction of sp³-hybridized carbons (Fsp3) is 0.774. The molecular weight excluding hydrogens is 717 g/mol. The molecule has 58 heavy (non-hydrogen) atoms. The lowest BCUT2D eigenvalue weighted by atomic mass is 10.1. The Bertz CT molecular complexity index is 1010. The minimum Gasteiger partial charge on any atom is -0.462 e. The van der Waals surface area contributed by atoms with Crippen LogP contribution in [0, 0.1) is 0 Å². The molecule has 0 aliphatic rings. The first-order chi connectivity index (χ1) is 28.6. The van der Waals surface area contributed by atoms with E-state index in [-0.39, 0.29) is 25.2 Å². The van der Waals surface area contributed by atoms with Crippen LogP contribution >= 0.6 is 0 Å². The van der Waals surface area contributed by atoms with Crippen molar-refractivity contribution < 1.29 is 23.8 Å². The van der Waals surface area contributed by atoms with E-state index in [1.165, 1.54) is 122 Å². The molecule has 0 radical (unpaired) electrons. The van der Waals surface area contributed by atoms with E-state index in [1.807, 2.05) is 0 Å². The minimum atomic E-state index is -0.550. The van der Waals surface area contributed by atoms with Crippen molar-refractivity contribution in [1.82, 2.24) is 0 Å². The van der Waals surface area contributed by atoms with E-state index in [9.17, 15) is 9.59 Å². The molecule has 1 unspecified atom stereocenters. The van der Waals surface area contributed by atoms with Gasteiger partial charge in [-0.2, -0.15) is 0 Å². The van der Waals surface area contributed by atoms with E-state index in [0.29, 0.717) is 19.4 Å². The van der Waals surface area contributed by atoms with Gasteiger partial charge < -0.3 is 14.2 Å². The number of rotatable bonds is 45. The highest BCUT2D eigenvalue weighted by molar-refractivity contribution is 5.70. The Hall–Kier alpha value is -2.40. The Kier molecular flexibility index (Phi) is 46.9. The van der Waals surface area contributed by atoms with Gasteiger partial charge in [-0.25, -0.2) is 0 Å². The molecule has 0 aromatic carbocycles. The van der Waals surface area contributed by atoms with Gasteiger partial charge in [0.15, 0.2) is 6.10 Å². The van der Waals surface area contributed by atoms with Crippen LogP contribution in [-0.2, 0) is 23.8 Å². The van der Waals surface area contributed by atoms with Crippen molar-refractivity contribution in [1.29, 1.82) is 0 Å². The molecule has 0 fully saturated rings. The largest absolute Gasteiger partial charge is 0.462 e. The molecule has 0 saturated heterocycles. The molecule has 1 atom stereocenters. The highest BCUT2D eigenvalue weighted by Crippen LogP contribution is 2.14. The summed E-state index contributed by atoms with van der Waals surface area (Å²) < 4.78 is 17.3. The molecule has 0 N–H and O–H groups in total. The maximum Gasteiger partial charge on any atom is 0.306 e. The Morgan fingerprint density at radius 3 is 1.26 bits per heavy atom. The highest BCUT2D eigenvalue weighted by atomic mass is 16.6. The van der Waals surface area contributed by atoms with Crippen molar-refractivity contribution in [3.63, 3.8) is 0 Å². The van der Waals surface area contributed by atoms with E-state index in [1.54, 1.807) is 0 Å². The van der Waals surface area contributed by atoms with E-state index in [2.05, 4.69) is 81.5 Å². The number of ether oxygens (including phenoxy) is 3. The van der Waals surface area contributed by atoms with Gasteiger partial charge in [0.1, 0.15) is 6.61 Å². The molecule has 0 aromatic rings. The fourth-order valence-electron chi connectivity index (χ4n) is 6.85. The number of carbonyl (C=O) groups is 2. The number of unbranched alkanes of at least 4 members (excludes halogenated alkanes) is 24. The maximum atomic E-state index is 12.6. The molecule has 5 nitrogen and oxygen atoms in total. The zero-order valence-electron chi connectivity index (χ0n) is 38.6. The van der Waals surface area contributed by atoms with Crippen molar-refractivity contribution >= 4 is 11.9 Å². The summed E-state index contributed by atoms with van der Waals surface area (Å²) in [5.74, 6) is -0.420. The second-order valence-corrected chi connectivity index (χ2v) is 16.3. The summed E-state index contributed by atoms with van der Waals surface area (Å²) in [5.41, 5.74) is 0. The molecular formula is C53H94O5. The maximum absolute atomic E-state index is 12.6. The molecule has 0 heterocycles. The van der Waals surface area contributed by atoms with Crippen LogP contribution in [0.3, 0.4) is 0 Å². The predicted molar refractivity (Wildman–Crippen MR) is 251 cm³/mol. The first-order valence-corrected chi connectivity index (χ1v) is 24.8. The molecule has 0 aromatic heterocycles. The van der Waals surface area contributed by atoms with Crippen molar-refractivity contribution in [2.45, 2.75) is 245 Å². The Morgan fingerprint density at radius 1 is 0.397 bits per heavy atom. The SMILES string of the molecule is CC/C=C\C/C=C\C/C=C\C/C=C\CCCCCOCC(COC(=O)CCCCCCCCCCC/C=C\CCCCCCCC)OC(=O)CCCCCCCCC. The van der Waals surface area contributed by atoms with Crippen LogP contribution in [0.4, 0.5) is 0 Å². The third-order valence-electron chi connectivity index (χ3n) is 10.5. The van der Waals surface area contributed by atoms with Crippen LogP contribution < -0.4 is 0 Å². The Morgan fingerprint density at radius 2 is 0.776 bits per heavy atom. The highest BCUT2D eigenvalue weighted by Gasteiger charge is 2.17. The summed E-state index contributed by atoms with van der Waals surface area (Å²) in [6.45, 7) is 7.62. The summed E-state index contributed by atoms with van der Waals surface area (Å²) in [7, 11) is 0. The third-order valence-corrected chi connectivity index (χ3v) is 10.5. The van der Waals surface area contributed by atoms with Crippen LogP contribution in [0.1, 0.15) is 239 Å². The number of carbonyl (C=O) groups excluding carboxylic acids is 2. The smallest absolute Gasteiger partial charge is 0.306 e. The van der Waals surface area contributed by atoms with Gasteiger partial charge in [-0.1, -0.05) is 204 Å². The van der Waals surface area contributed by atoms with Gasteiger partial charge in [0.2, 0.25) is 0 Å². The van der Waals surface area contributed by atoms with Gasteiger partial charge in [-0.05, 0) is 83.5 Å². The van der Waals surface area contributed by atoms with E-state index in [4.69, 9.17) is 14.2 Å². The lowest BCUT2D eigenvalue weighted by Crippen LogP contribution is -2.30. The van der Waals surface area contributed by atoms with Crippen molar-refractivity contribution in [3.05, 3.63) is 60.8 Å². The van der Waals surface area contributed by atoms with Crippen molar-refractivity contribution in [2.75, 3.05) is 19.8 Å². The summed E-state index contributed by atoms with van der Waals surface area (Å²) in [6, 6.07) is 0. The molecule has 336 valence electrons. The van der Waals surface area contributed by atoms with Crippen LogP contribution in [0.5, 0.6) is 0 Å². The fourth-order valence-corrected chi connectivity index (χ4v) is 6.85. The zero-order valence-corrected chi connectivity index (χ0v) is 38.6. The Labute approximate surface area is 360 Å². The summed E-state index contributed by atoms with van der Waals surface area (Å²) in [6.07, 6.45) is 61.0. The number of hydrogen-bond donors (Lipinski definition) is 0. The molecule has 0 amide bonds. The van der Waals surface area contributed by atoms with Crippen LogP contribution in [-0.4, -0.2) is 37.9 Å². The van der Waals surface area contributed by atoms with E-state index < -0.39 is 6.10 Å². The lowest BCUT2D eigenvalue weighted by molar-refractivity contribution is -0.163. The predicted octanol–water partition coefficient (Wildman–Crippen LogP) is 16.6. The first-order valence-electron chi connectivity index (χ1n) is 24.8. The Balaban J connectivity index is 4.15. The monoisotopic (exact) mass is 811 g/mol. The topological polar surface area (TPSA) is 61.8 Å². The van der Waals surface area contributed by atoms with Crippen LogP contribution in [0.25, 0.3) is 0 Å². The summed E-state index contributed by atoms with van der Waals surface area (Å²) >= 11 is 0. The quantitative estimate of drug-likeness (QED) is 0.0348. The zero-order chi connectivity index (χ0) is 42.1. The average molecular weight is 811 g/mol. The molecule has 0 aliphatic heterocycles. The summed E-state index contributed by atoms with van der Waals surface area (Å²) in [5, 5.41) is 0. The minimum absolute atomic E-state index is 0.0718. The number of esters is 2. The average Bonchev–Trinajstić information content (AvgIpc) is 3.22. The van der Waals surface area contributed by atoms with Gasteiger partial charge in [-0.3, -0.25) is 9.59 Å². The molecule has 0 saturated carbocycles. The number of allylic oxidation sites excluding steroid dienone is 10. The van der Waals surface area contributed by atoms with Gasteiger partial charge >= 0.3 is 11.9 Å². The van der Waals surface area contributed by atoms with Crippen LogP contribution in [0.15, 0.2) is 60.8 Å². The lowest BCUT2D eigenvalue weighted by Gasteiger charge is -2.18. The van der Waals surface area contributed by atoms with Crippen molar-refractivity contribution in [2.24, 2.45) is 0 Å². The van der Waals surface area contributed by atoms with Crippen LogP contribution in [0.2, 0.25) is 0 Å². The van der Waals surface area contributed by atoms with E-state index in [0.717, 1.165) is 83.5 Å². The third kappa shape index (κ3) is 46.3. The van der Waals surface area contributed by atoms with E-state index >= 15 is 0 Å². The second-order valence-electron chi connectivity index (χ2n) is 16.3. The molecule has 0 bridgehead atoms.